The van der Waals surface area contributed by atoms with E-state index in [0.717, 1.165) is 12.2 Å². The van der Waals surface area contributed by atoms with Crippen LogP contribution in [0.4, 0.5) is 0 Å². The van der Waals surface area contributed by atoms with Crippen LogP contribution in [0.3, 0.4) is 0 Å². The Bertz CT molecular complexity index is 531. The zero-order chi connectivity index (χ0) is 13.2. The molecular weight excluding hydrogens is 250 g/mol. The van der Waals surface area contributed by atoms with E-state index in [4.69, 9.17) is 5.73 Å². The van der Waals surface area contributed by atoms with Crippen LogP contribution in [0.2, 0.25) is 0 Å². The second-order valence-electron chi connectivity index (χ2n) is 5.08. The van der Waals surface area contributed by atoms with Gasteiger partial charge in [-0.3, -0.25) is 0 Å². The van der Waals surface area contributed by atoms with Crippen molar-refractivity contribution in [1.82, 2.24) is 0 Å². The lowest BCUT2D eigenvalue weighted by Gasteiger charge is -2.25. The summed E-state index contributed by atoms with van der Waals surface area (Å²) in [6.45, 7) is 2.17. The zero-order valence-corrected chi connectivity index (χ0v) is 12.0. The van der Waals surface area contributed by atoms with Gasteiger partial charge >= 0.3 is 0 Å². The number of hydrogen-bond acceptors (Lipinski definition) is 2. The van der Waals surface area contributed by atoms with Crippen molar-refractivity contribution in [2.75, 3.05) is 0 Å². The molecule has 0 radical (unpaired) electrons. The average Bonchev–Trinajstić information content (AvgIpc) is 2.63. The fourth-order valence-electron chi connectivity index (χ4n) is 2.86. The Labute approximate surface area is 119 Å². The molecule has 0 saturated heterocycles. The summed E-state index contributed by atoms with van der Waals surface area (Å²) in [7, 11) is 0. The van der Waals surface area contributed by atoms with Gasteiger partial charge in [0.05, 0.1) is 0 Å². The Morgan fingerprint density at radius 3 is 2.58 bits per heavy atom. The molecule has 1 heterocycles. The minimum absolute atomic E-state index is 0.181. The van der Waals surface area contributed by atoms with E-state index in [1.807, 2.05) is 11.8 Å². The van der Waals surface area contributed by atoms with Crippen LogP contribution in [0.5, 0.6) is 0 Å². The summed E-state index contributed by atoms with van der Waals surface area (Å²) >= 11 is 1.93. The van der Waals surface area contributed by atoms with Gasteiger partial charge in [-0.15, -0.1) is 11.8 Å². The van der Waals surface area contributed by atoms with E-state index in [1.54, 1.807) is 0 Å². The largest absolute Gasteiger partial charge is 0.327 e. The van der Waals surface area contributed by atoms with Crippen LogP contribution in [0.25, 0.3) is 0 Å². The van der Waals surface area contributed by atoms with E-state index in [-0.39, 0.29) is 6.04 Å². The first kappa shape index (κ1) is 12.8. The lowest BCUT2D eigenvalue weighted by atomic mass is 9.82. The Hall–Kier alpha value is -1.25. The number of benzene rings is 2. The highest BCUT2D eigenvalue weighted by Gasteiger charge is 2.27. The molecule has 3 rings (SSSR count). The summed E-state index contributed by atoms with van der Waals surface area (Å²) in [6, 6.07) is 17.6. The molecule has 2 atom stereocenters. The molecule has 2 heteroatoms. The van der Waals surface area contributed by atoms with Crippen LogP contribution < -0.4 is 5.73 Å². The first-order valence-electron chi connectivity index (χ1n) is 6.86. The van der Waals surface area contributed by atoms with E-state index in [2.05, 4.69) is 55.5 Å². The first-order valence-corrected chi connectivity index (χ1v) is 7.85. The monoisotopic (exact) mass is 269 g/mol. The van der Waals surface area contributed by atoms with Gasteiger partial charge in [-0.1, -0.05) is 49.4 Å². The number of hydrogen-bond donors (Lipinski definition) is 1. The Morgan fingerprint density at radius 1 is 1.11 bits per heavy atom. The van der Waals surface area contributed by atoms with Gasteiger partial charge in [-0.2, -0.15) is 0 Å². The summed E-state index contributed by atoms with van der Waals surface area (Å²) in [5.41, 5.74) is 10.7. The third kappa shape index (κ3) is 2.31. The molecule has 1 unspecified atom stereocenters. The molecule has 0 spiro atoms. The molecule has 0 aromatic heterocycles. The number of nitrogens with two attached hydrogens (primary N) is 1. The molecular formula is C17H19NS. The highest BCUT2D eigenvalue weighted by molar-refractivity contribution is 7.98. The van der Waals surface area contributed by atoms with Crippen molar-refractivity contribution in [3.05, 3.63) is 65.2 Å². The molecule has 2 N–H and O–H groups in total. The summed E-state index contributed by atoms with van der Waals surface area (Å²) in [5, 5.41) is 0. The fourth-order valence-corrected chi connectivity index (χ4v) is 3.97. The van der Waals surface area contributed by atoms with Crippen LogP contribution in [-0.4, -0.2) is 6.04 Å². The Kier molecular flexibility index (Phi) is 3.63. The van der Waals surface area contributed by atoms with E-state index in [1.165, 1.54) is 21.6 Å². The van der Waals surface area contributed by atoms with Gasteiger partial charge in [0.1, 0.15) is 0 Å². The lowest BCUT2D eigenvalue weighted by molar-refractivity contribution is 0.570. The van der Waals surface area contributed by atoms with Crippen molar-refractivity contribution in [2.45, 2.75) is 36.0 Å². The van der Waals surface area contributed by atoms with E-state index < -0.39 is 0 Å². The van der Waals surface area contributed by atoms with Crippen LogP contribution >= 0.6 is 11.8 Å². The van der Waals surface area contributed by atoms with Gasteiger partial charge in [0.25, 0.3) is 0 Å². The van der Waals surface area contributed by atoms with Crippen LogP contribution in [0.1, 0.15) is 36.0 Å². The molecule has 1 aliphatic rings. The predicted molar refractivity (Wildman–Crippen MR) is 82.6 cm³/mol. The van der Waals surface area contributed by atoms with E-state index in [9.17, 15) is 0 Å². The van der Waals surface area contributed by atoms with E-state index in [0.29, 0.717) is 5.92 Å². The maximum atomic E-state index is 6.44. The minimum Gasteiger partial charge on any atom is -0.327 e. The third-order valence-corrected chi connectivity index (χ3v) is 5.07. The molecule has 19 heavy (non-hydrogen) atoms. The molecule has 2 aromatic rings. The van der Waals surface area contributed by atoms with Crippen LogP contribution in [0.15, 0.2) is 53.4 Å². The second-order valence-corrected chi connectivity index (χ2v) is 6.09. The van der Waals surface area contributed by atoms with Gasteiger partial charge in [-0.05, 0) is 29.2 Å². The molecule has 0 fully saturated rings. The Balaban J connectivity index is 2.19. The lowest BCUT2D eigenvalue weighted by Crippen LogP contribution is -2.29. The SMILES string of the molecule is CC[C@@H](N)C1c2ccccc2CSc2ccccc21. The number of rotatable bonds is 2. The topological polar surface area (TPSA) is 26.0 Å². The molecule has 0 aliphatic carbocycles. The molecule has 1 nitrogen and oxygen atoms in total. The standard InChI is InChI=1S/C17H19NS/c1-2-15(18)17-13-8-4-3-7-12(13)11-19-16-10-6-5-9-14(16)17/h3-10,15,17H,2,11,18H2,1H3/t15-,17?/m1/s1. The summed E-state index contributed by atoms with van der Waals surface area (Å²) in [6.07, 6.45) is 0.998. The van der Waals surface area contributed by atoms with Crippen molar-refractivity contribution in [3.63, 3.8) is 0 Å². The predicted octanol–water partition coefficient (Wildman–Crippen LogP) is 4.16. The molecule has 0 bridgehead atoms. The summed E-state index contributed by atoms with van der Waals surface area (Å²) in [4.78, 5) is 1.38. The highest BCUT2D eigenvalue weighted by Crippen LogP contribution is 2.41. The first-order chi connectivity index (χ1) is 9.31. The number of fused-ring (bicyclic) bond motifs is 2. The highest BCUT2D eigenvalue weighted by atomic mass is 32.2. The average molecular weight is 269 g/mol. The molecule has 0 amide bonds. The normalized spacial score (nSPS) is 19.2. The van der Waals surface area contributed by atoms with Crippen LogP contribution in [-0.2, 0) is 5.75 Å². The van der Waals surface area contributed by atoms with Gasteiger partial charge in [0.15, 0.2) is 0 Å². The molecule has 2 aromatic carbocycles. The maximum absolute atomic E-state index is 6.44. The zero-order valence-electron chi connectivity index (χ0n) is 11.2. The maximum Gasteiger partial charge on any atom is 0.0255 e. The quantitative estimate of drug-likeness (QED) is 0.886. The summed E-state index contributed by atoms with van der Waals surface area (Å²) in [5.74, 6) is 1.37. The fraction of sp³-hybridized carbons (Fsp3) is 0.294. The van der Waals surface area contributed by atoms with Crippen molar-refractivity contribution < 1.29 is 0 Å². The molecule has 98 valence electrons. The molecule has 1 aliphatic heterocycles. The van der Waals surface area contributed by atoms with E-state index >= 15 is 0 Å². The molecule has 0 saturated carbocycles. The smallest absolute Gasteiger partial charge is 0.0255 e. The van der Waals surface area contributed by atoms with Gasteiger partial charge in [0, 0.05) is 22.6 Å². The van der Waals surface area contributed by atoms with Crippen molar-refractivity contribution in [1.29, 1.82) is 0 Å². The summed E-state index contributed by atoms with van der Waals surface area (Å²) < 4.78 is 0. The minimum atomic E-state index is 0.181. The van der Waals surface area contributed by atoms with Crippen molar-refractivity contribution >= 4 is 11.8 Å². The number of thioether (sulfide) groups is 1. The van der Waals surface area contributed by atoms with Crippen molar-refractivity contribution in [2.24, 2.45) is 5.73 Å². The van der Waals surface area contributed by atoms with Gasteiger partial charge < -0.3 is 5.73 Å². The third-order valence-electron chi connectivity index (χ3n) is 3.93. The van der Waals surface area contributed by atoms with Gasteiger partial charge in [-0.25, -0.2) is 0 Å². The van der Waals surface area contributed by atoms with Crippen LogP contribution in [0, 0.1) is 0 Å². The van der Waals surface area contributed by atoms with Crippen molar-refractivity contribution in [3.8, 4) is 0 Å². The second kappa shape index (κ2) is 5.40. The van der Waals surface area contributed by atoms with Gasteiger partial charge in [0.2, 0.25) is 0 Å². The Morgan fingerprint density at radius 2 is 1.79 bits per heavy atom.